The summed E-state index contributed by atoms with van der Waals surface area (Å²) < 4.78 is 5.13. The Hall–Kier alpha value is -3.05. The standard InChI is InChI=1S/C21H21Cl2N5O5/c22-13-1-3-14(4-2-13)24-20(31)27-10-16(29)11-28(27)21(32)25-15-5-6-18(17(23)9-15)26-7-8-33-12-19(26)30/h1-6,9,16,29H,7-8,10-12H2,(H,24,31)(H,25,32). The third kappa shape index (κ3) is 5.31. The third-order valence-corrected chi connectivity index (χ3v) is 5.65. The highest BCUT2D eigenvalue weighted by atomic mass is 35.5. The summed E-state index contributed by atoms with van der Waals surface area (Å²) in [6.45, 7) is 0.666. The number of urea groups is 2. The zero-order chi connectivity index (χ0) is 23.5. The quantitative estimate of drug-likeness (QED) is 0.607. The first-order chi connectivity index (χ1) is 15.8. The van der Waals surface area contributed by atoms with Gasteiger partial charge in [0.2, 0.25) is 0 Å². The molecule has 0 spiro atoms. The summed E-state index contributed by atoms with van der Waals surface area (Å²) >= 11 is 12.2. The maximum Gasteiger partial charge on any atom is 0.340 e. The molecule has 12 heteroatoms. The Bertz CT molecular complexity index is 1070. The molecule has 2 aromatic rings. The molecular formula is C21H21Cl2N5O5. The summed E-state index contributed by atoms with van der Waals surface area (Å²) in [6, 6.07) is 10.0. The zero-order valence-electron chi connectivity index (χ0n) is 17.3. The number of aliphatic hydroxyl groups is 1. The number of nitrogens with one attached hydrogen (secondary N) is 2. The van der Waals surface area contributed by atoms with Crippen LogP contribution in [0.25, 0.3) is 0 Å². The summed E-state index contributed by atoms with van der Waals surface area (Å²) in [7, 11) is 0. The van der Waals surface area contributed by atoms with Crippen LogP contribution in [0.1, 0.15) is 0 Å². The molecule has 174 valence electrons. The number of hydrogen-bond donors (Lipinski definition) is 3. The summed E-state index contributed by atoms with van der Waals surface area (Å²) in [5.74, 6) is -0.201. The van der Waals surface area contributed by atoms with Gasteiger partial charge >= 0.3 is 12.1 Å². The first-order valence-corrected chi connectivity index (χ1v) is 10.9. The molecule has 0 aromatic heterocycles. The van der Waals surface area contributed by atoms with Crippen molar-refractivity contribution < 1.29 is 24.2 Å². The van der Waals surface area contributed by atoms with Crippen molar-refractivity contribution in [1.29, 1.82) is 0 Å². The van der Waals surface area contributed by atoms with Gasteiger partial charge in [0.15, 0.2) is 0 Å². The van der Waals surface area contributed by atoms with Crippen LogP contribution < -0.4 is 15.5 Å². The van der Waals surface area contributed by atoms with Gasteiger partial charge in [-0.05, 0) is 42.5 Å². The molecule has 1 unspecified atom stereocenters. The van der Waals surface area contributed by atoms with Crippen molar-refractivity contribution >= 4 is 58.2 Å². The number of ether oxygens (including phenoxy) is 1. The Balaban J connectivity index is 1.44. The smallest absolute Gasteiger partial charge is 0.340 e. The molecule has 2 aromatic carbocycles. The van der Waals surface area contributed by atoms with Crippen LogP contribution in [0.2, 0.25) is 10.0 Å². The second-order valence-corrected chi connectivity index (χ2v) is 8.29. The van der Waals surface area contributed by atoms with E-state index in [0.29, 0.717) is 35.2 Å². The van der Waals surface area contributed by atoms with Crippen LogP contribution >= 0.6 is 23.2 Å². The van der Waals surface area contributed by atoms with Crippen molar-refractivity contribution in [3.8, 4) is 0 Å². The number of aliphatic hydroxyl groups excluding tert-OH is 1. The van der Waals surface area contributed by atoms with Gasteiger partial charge < -0.3 is 25.4 Å². The normalized spacial score (nSPS) is 18.5. The lowest BCUT2D eigenvalue weighted by Gasteiger charge is -2.29. The average molecular weight is 494 g/mol. The van der Waals surface area contributed by atoms with Crippen molar-refractivity contribution in [3.05, 3.63) is 52.5 Å². The second kappa shape index (κ2) is 9.84. The molecule has 0 aliphatic carbocycles. The number of benzene rings is 2. The SMILES string of the molecule is O=C1COCCN1c1ccc(NC(=O)N2CC(O)CN2C(=O)Nc2ccc(Cl)cc2)cc1Cl. The van der Waals surface area contributed by atoms with Crippen LogP contribution in [0, 0.1) is 0 Å². The highest BCUT2D eigenvalue weighted by molar-refractivity contribution is 6.34. The molecule has 2 saturated heterocycles. The maximum atomic E-state index is 12.9. The van der Waals surface area contributed by atoms with E-state index < -0.39 is 18.2 Å². The van der Waals surface area contributed by atoms with Crippen LogP contribution in [0.5, 0.6) is 0 Å². The van der Waals surface area contributed by atoms with E-state index in [1.54, 1.807) is 36.4 Å². The van der Waals surface area contributed by atoms with E-state index >= 15 is 0 Å². The molecule has 2 aliphatic rings. The first-order valence-electron chi connectivity index (χ1n) is 10.1. The molecule has 2 fully saturated rings. The number of halogens is 2. The van der Waals surface area contributed by atoms with E-state index in [4.69, 9.17) is 27.9 Å². The van der Waals surface area contributed by atoms with E-state index in [9.17, 15) is 19.5 Å². The number of hydrogen-bond acceptors (Lipinski definition) is 5. The van der Waals surface area contributed by atoms with Gasteiger partial charge in [0.1, 0.15) is 6.61 Å². The number of hydrazine groups is 1. The van der Waals surface area contributed by atoms with Gasteiger partial charge in [-0.3, -0.25) is 4.79 Å². The lowest BCUT2D eigenvalue weighted by atomic mass is 10.2. The molecule has 33 heavy (non-hydrogen) atoms. The van der Waals surface area contributed by atoms with Crippen LogP contribution in [0.4, 0.5) is 26.7 Å². The fourth-order valence-corrected chi connectivity index (χ4v) is 3.93. The molecule has 5 amide bonds. The minimum atomic E-state index is -0.898. The highest BCUT2D eigenvalue weighted by Gasteiger charge is 2.36. The predicted octanol–water partition coefficient (Wildman–Crippen LogP) is 3.01. The molecule has 0 radical (unpaired) electrons. The molecule has 0 saturated carbocycles. The number of rotatable bonds is 3. The van der Waals surface area contributed by atoms with Gasteiger partial charge in [-0.1, -0.05) is 23.2 Å². The van der Waals surface area contributed by atoms with Crippen molar-refractivity contribution in [1.82, 2.24) is 10.0 Å². The van der Waals surface area contributed by atoms with Crippen LogP contribution in [-0.4, -0.2) is 72.0 Å². The Morgan fingerprint density at radius 2 is 1.58 bits per heavy atom. The van der Waals surface area contributed by atoms with Gasteiger partial charge in [0, 0.05) is 22.9 Å². The number of anilines is 3. The average Bonchev–Trinajstić information content (AvgIpc) is 3.18. The van der Waals surface area contributed by atoms with Crippen molar-refractivity contribution in [2.75, 3.05) is 48.4 Å². The van der Waals surface area contributed by atoms with Gasteiger partial charge in [0.05, 0.1) is 36.5 Å². The first kappa shape index (κ1) is 23.1. The van der Waals surface area contributed by atoms with E-state index in [1.807, 2.05) is 0 Å². The third-order valence-electron chi connectivity index (χ3n) is 5.10. The Labute approximate surface area is 199 Å². The molecule has 3 N–H and O–H groups in total. The zero-order valence-corrected chi connectivity index (χ0v) is 18.8. The van der Waals surface area contributed by atoms with Gasteiger partial charge in [-0.25, -0.2) is 19.6 Å². The molecule has 1 atom stereocenters. The molecule has 4 rings (SSSR count). The predicted molar refractivity (Wildman–Crippen MR) is 124 cm³/mol. The van der Waals surface area contributed by atoms with Gasteiger partial charge in [0.25, 0.3) is 5.91 Å². The summed E-state index contributed by atoms with van der Waals surface area (Å²) in [5, 5.41) is 18.4. The number of carbonyl (C=O) groups excluding carboxylic acids is 3. The lowest BCUT2D eigenvalue weighted by molar-refractivity contribution is -0.125. The Morgan fingerprint density at radius 3 is 2.18 bits per heavy atom. The van der Waals surface area contributed by atoms with Crippen LogP contribution in [0.15, 0.2) is 42.5 Å². The highest BCUT2D eigenvalue weighted by Crippen LogP contribution is 2.30. The van der Waals surface area contributed by atoms with Crippen LogP contribution in [-0.2, 0) is 9.53 Å². The largest absolute Gasteiger partial charge is 0.389 e. The van der Waals surface area contributed by atoms with E-state index in [-0.39, 0.29) is 30.6 Å². The van der Waals surface area contributed by atoms with E-state index in [0.717, 1.165) is 10.0 Å². The van der Waals surface area contributed by atoms with E-state index in [2.05, 4.69) is 10.6 Å². The second-order valence-electron chi connectivity index (χ2n) is 7.45. The fraction of sp³-hybridized carbons (Fsp3) is 0.286. The number of amides is 5. The summed E-state index contributed by atoms with van der Waals surface area (Å²) in [6.07, 6.45) is -0.898. The number of β-amino-alcohol motifs (C(OH)–C–C–N with tert-alkyl or cyclic N) is 1. The van der Waals surface area contributed by atoms with Crippen molar-refractivity contribution in [2.24, 2.45) is 0 Å². The molecular weight excluding hydrogens is 473 g/mol. The Morgan fingerprint density at radius 1 is 0.970 bits per heavy atom. The van der Waals surface area contributed by atoms with Crippen molar-refractivity contribution in [2.45, 2.75) is 6.10 Å². The monoisotopic (exact) mass is 493 g/mol. The Kier molecular flexibility index (Phi) is 6.89. The maximum absolute atomic E-state index is 12.9. The minimum Gasteiger partial charge on any atom is -0.389 e. The van der Waals surface area contributed by atoms with Gasteiger partial charge in [-0.15, -0.1) is 0 Å². The topological polar surface area (TPSA) is 114 Å². The van der Waals surface area contributed by atoms with Gasteiger partial charge in [-0.2, -0.15) is 0 Å². The summed E-state index contributed by atoms with van der Waals surface area (Å²) in [4.78, 5) is 39.1. The molecule has 2 heterocycles. The van der Waals surface area contributed by atoms with Crippen molar-refractivity contribution in [3.63, 3.8) is 0 Å². The number of carbonyl (C=O) groups is 3. The fourth-order valence-electron chi connectivity index (χ4n) is 3.52. The lowest BCUT2D eigenvalue weighted by Crippen LogP contribution is -2.48. The molecule has 0 bridgehead atoms. The van der Waals surface area contributed by atoms with Crippen LogP contribution in [0.3, 0.4) is 0 Å². The molecule has 10 nitrogen and oxygen atoms in total. The number of nitrogens with zero attached hydrogens (tertiary/aromatic N) is 3. The summed E-state index contributed by atoms with van der Waals surface area (Å²) in [5.41, 5.74) is 1.38. The minimum absolute atomic E-state index is 0.0139. The molecule has 2 aliphatic heterocycles. The van der Waals surface area contributed by atoms with E-state index in [1.165, 1.54) is 11.0 Å². The number of morpholine rings is 1.